The minimum atomic E-state index is -2.91. The van der Waals surface area contributed by atoms with E-state index in [0.29, 0.717) is 17.5 Å². The van der Waals surface area contributed by atoms with Gasteiger partial charge in [-0.1, -0.05) is 26.3 Å². The van der Waals surface area contributed by atoms with Crippen LogP contribution in [0.4, 0.5) is 0 Å². The van der Waals surface area contributed by atoms with E-state index in [9.17, 15) is 44.7 Å². The number of phenols is 1. The van der Waals surface area contributed by atoms with Crippen LogP contribution in [-0.4, -0.2) is 73.4 Å². The van der Waals surface area contributed by atoms with Crippen LogP contribution in [0.1, 0.15) is 55.7 Å². The van der Waals surface area contributed by atoms with E-state index in [2.05, 4.69) is 0 Å². The average molecular weight is 530 g/mol. The molecule has 0 radical (unpaired) electrons. The van der Waals surface area contributed by atoms with Crippen LogP contribution in [0, 0.1) is 17.8 Å². The Morgan fingerprint density at radius 1 is 1.21 bits per heavy atom. The average Bonchev–Trinajstić information content (AvgIpc) is 2.85. The lowest BCUT2D eigenvalue weighted by Crippen LogP contribution is -2.70. The van der Waals surface area contributed by atoms with Crippen LogP contribution < -0.4 is 5.73 Å². The molecular weight excluding hydrogens is 498 g/mol. The quantitative estimate of drug-likeness (QED) is 0.130. The molecule has 38 heavy (non-hydrogen) atoms. The highest BCUT2D eigenvalue weighted by Crippen LogP contribution is 2.55. The maximum atomic E-state index is 13.7. The number of esters is 1. The molecule has 4 rings (SSSR count). The Labute approximate surface area is 218 Å². The number of Topliss-reactive ketones (excluding diaryl/α,β-unsaturated/α-hetero) is 2. The van der Waals surface area contributed by atoms with Gasteiger partial charge in [-0.15, -0.1) is 0 Å². The van der Waals surface area contributed by atoms with Gasteiger partial charge in [0.25, 0.3) is 0 Å². The van der Waals surface area contributed by atoms with Crippen LogP contribution in [0.2, 0.25) is 0 Å². The normalized spacial score (nSPS) is 32.6. The fourth-order valence-corrected chi connectivity index (χ4v) is 6.08. The van der Waals surface area contributed by atoms with Crippen molar-refractivity contribution >= 4 is 35.3 Å². The second-order valence-corrected chi connectivity index (χ2v) is 10.1. The van der Waals surface area contributed by atoms with E-state index in [4.69, 9.17) is 10.5 Å². The number of fused-ring (bicyclic) bond motifs is 3. The molecular formula is C27H31NO10. The van der Waals surface area contributed by atoms with Crippen LogP contribution in [0.5, 0.6) is 5.75 Å². The number of benzene rings is 1. The Hall–Kier alpha value is -3.54. The van der Waals surface area contributed by atoms with Gasteiger partial charge < -0.3 is 36.0 Å². The van der Waals surface area contributed by atoms with Crippen molar-refractivity contribution in [3.05, 3.63) is 40.5 Å². The zero-order valence-electron chi connectivity index (χ0n) is 21.0. The number of ether oxygens (including phenoxy) is 1. The molecule has 2 saturated carbocycles. The number of aliphatic hydroxyl groups excluding tert-OH is 3. The Kier molecular flexibility index (Phi) is 7.21. The Bertz CT molecular complexity index is 1270. The monoisotopic (exact) mass is 529 g/mol. The van der Waals surface area contributed by atoms with Crippen molar-refractivity contribution in [1.29, 1.82) is 0 Å². The number of amides is 1. The number of aromatic hydroxyl groups is 1. The molecule has 1 amide bonds. The topological polar surface area (TPSA) is 205 Å². The molecule has 11 heteroatoms. The fourth-order valence-electron chi connectivity index (χ4n) is 6.08. The van der Waals surface area contributed by atoms with Crippen molar-refractivity contribution in [2.45, 2.75) is 56.8 Å². The molecule has 2 fully saturated rings. The molecule has 2 unspecified atom stereocenters. The second-order valence-electron chi connectivity index (χ2n) is 10.1. The molecule has 204 valence electrons. The third kappa shape index (κ3) is 4.01. The maximum Gasteiger partial charge on any atom is 0.330 e. The van der Waals surface area contributed by atoms with Gasteiger partial charge in [-0.3, -0.25) is 14.4 Å². The number of carbonyl (C=O) groups is 4. The fraction of sp³-hybridized carbons (Fsp3) is 0.481. The molecule has 0 bridgehead atoms. The molecule has 7 atom stereocenters. The van der Waals surface area contributed by atoms with Crippen molar-refractivity contribution in [2.75, 3.05) is 6.61 Å². The SMILES string of the molecule is CCCCOC(=O)/C=C/c1ccc(O)c2c1[C@H](C)[C@@H]1C(=C2O)C(=O)[C@]2(O)C(=O)C(C(N)=O)C(O)C[C@@H]2[C@H]1O. The van der Waals surface area contributed by atoms with Gasteiger partial charge in [0.1, 0.15) is 17.4 Å². The highest BCUT2D eigenvalue weighted by Gasteiger charge is 2.67. The zero-order valence-corrected chi connectivity index (χ0v) is 21.0. The number of carbonyl (C=O) groups excluding carboxylic acids is 4. The second kappa shape index (κ2) is 9.97. The van der Waals surface area contributed by atoms with Crippen molar-refractivity contribution in [3.63, 3.8) is 0 Å². The first kappa shape index (κ1) is 27.5. The molecule has 1 aromatic carbocycles. The van der Waals surface area contributed by atoms with Crippen LogP contribution in [-0.2, 0) is 23.9 Å². The van der Waals surface area contributed by atoms with E-state index in [-0.39, 0.29) is 12.2 Å². The summed E-state index contributed by atoms with van der Waals surface area (Å²) in [6.07, 6.45) is 0.460. The van der Waals surface area contributed by atoms with E-state index in [1.54, 1.807) is 6.92 Å². The van der Waals surface area contributed by atoms with Crippen LogP contribution in [0.25, 0.3) is 11.8 Å². The highest BCUT2D eigenvalue weighted by atomic mass is 16.5. The molecule has 0 spiro atoms. The van der Waals surface area contributed by atoms with Crippen LogP contribution in [0.15, 0.2) is 23.8 Å². The molecule has 0 aromatic heterocycles. The van der Waals surface area contributed by atoms with Gasteiger partial charge in [-0.2, -0.15) is 0 Å². The molecule has 0 aliphatic heterocycles. The first-order chi connectivity index (χ1) is 17.9. The molecule has 3 aliphatic rings. The highest BCUT2D eigenvalue weighted by molar-refractivity contribution is 6.25. The van der Waals surface area contributed by atoms with Crippen molar-refractivity contribution in [1.82, 2.24) is 0 Å². The lowest BCUT2D eigenvalue weighted by molar-refractivity contribution is -0.186. The summed E-state index contributed by atoms with van der Waals surface area (Å²) in [5, 5.41) is 55.0. The third-order valence-electron chi connectivity index (χ3n) is 7.97. The van der Waals surface area contributed by atoms with E-state index in [0.717, 1.165) is 6.42 Å². The first-order valence-electron chi connectivity index (χ1n) is 12.5. The lowest BCUT2D eigenvalue weighted by atomic mass is 9.53. The van der Waals surface area contributed by atoms with Gasteiger partial charge in [0.05, 0.1) is 24.4 Å². The first-order valence-corrected chi connectivity index (χ1v) is 12.5. The number of hydrogen-bond donors (Lipinski definition) is 6. The largest absolute Gasteiger partial charge is 0.507 e. The number of primary amides is 1. The van der Waals surface area contributed by atoms with Gasteiger partial charge in [-0.05, 0) is 42.0 Å². The number of ketones is 2. The summed E-state index contributed by atoms with van der Waals surface area (Å²) < 4.78 is 5.12. The Balaban J connectivity index is 1.83. The molecule has 7 N–H and O–H groups in total. The van der Waals surface area contributed by atoms with Gasteiger partial charge in [0.15, 0.2) is 11.4 Å². The van der Waals surface area contributed by atoms with Gasteiger partial charge >= 0.3 is 5.97 Å². The smallest absolute Gasteiger partial charge is 0.330 e. The summed E-state index contributed by atoms with van der Waals surface area (Å²) in [7, 11) is 0. The minimum Gasteiger partial charge on any atom is -0.507 e. The predicted octanol–water partition coefficient (Wildman–Crippen LogP) is 0.477. The number of phenolic OH excluding ortho intramolecular Hbond substituents is 1. The Morgan fingerprint density at radius 3 is 2.53 bits per heavy atom. The van der Waals surface area contributed by atoms with Crippen molar-refractivity contribution < 1.29 is 49.4 Å². The molecule has 1 aromatic rings. The van der Waals surface area contributed by atoms with Crippen molar-refractivity contribution in [3.8, 4) is 5.75 Å². The number of unbranched alkanes of at least 4 members (excludes halogenated alkanes) is 1. The number of hydrogen-bond acceptors (Lipinski definition) is 10. The number of aliphatic hydroxyl groups is 4. The van der Waals surface area contributed by atoms with Gasteiger partial charge in [0, 0.05) is 23.5 Å². The predicted molar refractivity (Wildman–Crippen MR) is 132 cm³/mol. The van der Waals surface area contributed by atoms with E-state index >= 15 is 0 Å². The summed E-state index contributed by atoms with van der Waals surface area (Å²) in [6.45, 7) is 3.83. The maximum absolute atomic E-state index is 13.7. The third-order valence-corrected chi connectivity index (χ3v) is 7.97. The van der Waals surface area contributed by atoms with Crippen LogP contribution >= 0.6 is 0 Å². The van der Waals surface area contributed by atoms with E-state index in [1.807, 2.05) is 6.92 Å². The van der Waals surface area contributed by atoms with Crippen molar-refractivity contribution in [2.24, 2.45) is 23.5 Å². The minimum absolute atomic E-state index is 0.150. The molecule has 11 nitrogen and oxygen atoms in total. The summed E-state index contributed by atoms with van der Waals surface area (Å²) in [5.41, 5.74) is 2.42. The summed E-state index contributed by atoms with van der Waals surface area (Å²) in [4.78, 5) is 50.7. The van der Waals surface area contributed by atoms with Crippen LogP contribution in [0.3, 0.4) is 0 Å². The van der Waals surface area contributed by atoms with Gasteiger partial charge in [0.2, 0.25) is 11.7 Å². The Morgan fingerprint density at radius 2 is 1.89 bits per heavy atom. The molecule has 0 saturated heterocycles. The zero-order chi connectivity index (χ0) is 28.1. The summed E-state index contributed by atoms with van der Waals surface area (Å²) in [5.74, 6) is -10.8. The standard InChI is InChI=1S/C27H31NO10/c1-3-4-9-38-16(31)8-6-12-5-7-14(29)19-17(12)11(2)18-21(23(19)33)25(35)27(37)13(22(18)32)10-15(30)20(24(27)34)26(28)36/h5-8,11,13,15,18,20,22,29-30,32-33,37H,3-4,9-10H2,1-2H3,(H2,28,36)/b8-6+/t11-,13+,15?,18+,20?,22+,27+/m0/s1. The van der Waals surface area contributed by atoms with E-state index in [1.165, 1.54) is 24.3 Å². The molecule has 3 aliphatic carbocycles. The summed E-state index contributed by atoms with van der Waals surface area (Å²) in [6, 6.07) is 2.74. The number of rotatable bonds is 6. The van der Waals surface area contributed by atoms with Gasteiger partial charge in [-0.25, -0.2) is 4.79 Å². The lowest BCUT2D eigenvalue weighted by Gasteiger charge is -2.52. The number of nitrogens with two attached hydrogens (primary N) is 1. The van der Waals surface area contributed by atoms with E-state index < -0.39 is 88.4 Å². The molecule has 0 heterocycles. The summed E-state index contributed by atoms with van der Waals surface area (Å²) >= 11 is 0.